The van der Waals surface area contributed by atoms with Gasteiger partial charge in [-0.25, -0.2) is 4.79 Å². The Balaban J connectivity index is 1.95. The van der Waals surface area contributed by atoms with Crippen LogP contribution in [0, 0.1) is 0 Å². The molecule has 124 valence electrons. The summed E-state index contributed by atoms with van der Waals surface area (Å²) in [4.78, 5) is 17.9. The molecule has 1 unspecified atom stereocenters. The van der Waals surface area contributed by atoms with Crippen LogP contribution in [0.5, 0.6) is 0 Å². The number of nitrogens with zero attached hydrogens (tertiary/aromatic N) is 1. The Morgan fingerprint density at radius 2 is 1.56 bits per heavy atom. The van der Waals surface area contributed by atoms with Crippen LogP contribution in [0.3, 0.4) is 0 Å². The van der Waals surface area contributed by atoms with Gasteiger partial charge in [-0.05, 0) is 42.5 Å². The number of rotatable bonds is 2. The number of hydrogen-bond donors (Lipinski definition) is 0. The van der Waals surface area contributed by atoms with E-state index in [1.54, 1.807) is 0 Å². The van der Waals surface area contributed by atoms with Crippen molar-refractivity contribution in [3.63, 3.8) is 0 Å². The second-order valence-corrected chi connectivity index (χ2v) is 7.78. The molecule has 0 N–H and O–H groups in total. The molecular formula is C21H18NO2S+. The molecule has 0 saturated heterocycles. The van der Waals surface area contributed by atoms with Crippen LogP contribution in [0.1, 0.15) is 10.4 Å². The van der Waals surface area contributed by atoms with Crippen LogP contribution >= 0.6 is 0 Å². The number of methoxy groups -OCH3 is 1. The number of hydrogen-bond acceptors (Lipinski definition) is 3. The maximum atomic E-state index is 12.0. The van der Waals surface area contributed by atoms with Gasteiger partial charge in [-0.2, -0.15) is 0 Å². The normalized spacial score (nSPS) is 15.3. The van der Waals surface area contributed by atoms with Crippen molar-refractivity contribution in [2.75, 3.05) is 19.1 Å². The van der Waals surface area contributed by atoms with Crippen LogP contribution in [0.15, 0.2) is 87.5 Å². The maximum absolute atomic E-state index is 12.0. The molecule has 0 aliphatic carbocycles. The molecule has 1 aliphatic heterocycles. The van der Waals surface area contributed by atoms with Crippen LogP contribution in [-0.2, 0) is 15.6 Å². The van der Waals surface area contributed by atoms with E-state index < -0.39 is 0 Å². The van der Waals surface area contributed by atoms with E-state index in [2.05, 4.69) is 59.5 Å². The summed E-state index contributed by atoms with van der Waals surface area (Å²) in [5, 5.41) is 0. The molecule has 3 aromatic carbocycles. The Hall–Kier alpha value is -2.72. The summed E-state index contributed by atoms with van der Waals surface area (Å²) in [6.07, 6.45) is 0. The molecule has 1 aliphatic rings. The van der Waals surface area contributed by atoms with E-state index >= 15 is 0 Å². The fourth-order valence-electron chi connectivity index (χ4n) is 3.16. The molecule has 3 aromatic rings. The highest BCUT2D eigenvalue weighted by Crippen LogP contribution is 2.47. The second kappa shape index (κ2) is 6.30. The lowest BCUT2D eigenvalue weighted by Gasteiger charge is -2.28. The summed E-state index contributed by atoms with van der Waals surface area (Å²) >= 11 is 0. The SMILES string of the molecule is COC(=O)c1ccc2c(c1)N(C)c1ccccc1[S+]2c1ccccc1. The zero-order valence-electron chi connectivity index (χ0n) is 14.1. The van der Waals surface area contributed by atoms with Gasteiger partial charge < -0.3 is 9.64 Å². The van der Waals surface area contributed by atoms with Gasteiger partial charge in [-0.15, -0.1) is 0 Å². The summed E-state index contributed by atoms with van der Waals surface area (Å²) in [6, 6.07) is 24.8. The fraction of sp³-hybridized carbons (Fsp3) is 0.0952. The first-order valence-corrected chi connectivity index (χ1v) is 9.27. The molecule has 3 nitrogen and oxygen atoms in total. The Kier molecular flexibility index (Phi) is 3.98. The number of carbonyl (C=O) groups is 1. The van der Waals surface area contributed by atoms with Gasteiger partial charge in [0.05, 0.1) is 24.0 Å². The first-order valence-electron chi connectivity index (χ1n) is 8.05. The standard InChI is InChI=1S/C21H18NO2S/c1-22-17-10-6-7-11-19(17)25(16-8-4-3-5-9-16)20-13-12-15(14-18(20)22)21(23)24-2/h3-14H,1-2H3/q+1. The van der Waals surface area contributed by atoms with Crippen molar-refractivity contribution in [3.8, 4) is 0 Å². The summed E-state index contributed by atoms with van der Waals surface area (Å²) in [6.45, 7) is 0. The summed E-state index contributed by atoms with van der Waals surface area (Å²) in [5.41, 5.74) is 2.79. The van der Waals surface area contributed by atoms with Crippen molar-refractivity contribution in [2.45, 2.75) is 14.7 Å². The van der Waals surface area contributed by atoms with E-state index in [1.807, 2.05) is 25.2 Å². The first-order chi connectivity index (χ1) is 12.2. The monoisotopic (exact) mass is 348 g/mol. The van der Waals surface area contributed by atoms with E-state index in [9.17, 15) is 4.79 Å². The highest BCUT2D eigenvalue weighted by molar-refractivity contribution is 7.97. The summed E-state index contributed by atoms with van der Waals surface area (Å²) in [5.74, 6) is -0.311. The number of carbonyl (C=O) groups excluding carboxylic acids is 1. The van der Waals surface area contributed by atoms with Gasteiger partial charge >= 0.3 is 5.97 Å². The number of anilines is 2. The van der Waals surface area contributed by atoms with E-state index in [1.165, 1.54) is 27.5 Å². The number of benzene rings is 3. The van der Waals surface area contributed by atoms with Crippen LogP contribution in [-0.4, -0.2) is 20.1 Å². The molecule has 0 spiro atoms. The molecular weight excluding hydrogens is 330 g/mol. The van der Waals surface area contributed by atoms with Gasteiger partial charge in [-0.3, -0.25) is 0 Å². The lowest BCUT2D eigenvalue weighted by Crippen LogP contribution is -2.23. The van der Waals surface area contributed by atoms with E-state index in [-0.39, 0.29) is 16.9 Å². The number of ether oxygens (including phenoxy) is 1. The fourth-order valence-corrected chi connectivity index (χ4v) is 5.57. The highest BCUT2D eigenvalue weighted by Gasteiger charge is 2.40. The number of para-hydroxylation sites is 1. The first kappa shape index (κ1) is 15.8. The van der Waals surface area contributed by atoms with Crippen molar-refractivity contribution in [1.82, 2.24) is 0 Å². The molecule has 1 atom stereocenters. The summed E-state index contributed by atoms with van der Waals surface area (Å²) in [7, 11) is 3.26. The average Bonchev–Trinajstić information content (AvgIpc) is 2.68. The third-order valence-electron chi connectivity index (χ3n) is 4.39. The Morgan fingerprint density at radius 1 is 0.880 bits per heavy atom. The molecule has 4 heteroatoms. The molecule has 1 heterocycles. The van der Waals surface area contributed by atoms with Gasteiger partial charge in [0.2, 0.25) is 0 Å². The van der Waals surface area contributed by atoms with Crippen molar-refractivity contribution < 1.29 is 9.53 Å². The minimum atomic E-state index is -0.311. The molecule has 0 amide bonds. The quantitative estimate of drug-likeness (QED) is 0.499. The van der Waals surface area contributed by atoms with Crippen LogP contribution < -0.4 is 4.90 Å². The smallest absolute Gasteiger partial charge is 0.337 e. The number of esters is 1. The van der Waals surface area contributed by atoms with Crippen molar-refractivity contribution in [3.05, 3.63) is 78.4 Å². The number of fused-ring (bicyclic) bond motifs is 2. The topological polar surface area (TPSA) is 29.5 Å². The minimum absolute atomic E-state index is 0.196. The van der Waals surface area contributed by atoms with Gasteiger partial charge in [0.1, 0.15) is 10.9 Å². The van der Waals surface area contributed by atoms with Crippen molar-refractivity contribution in [2.24, 2.45) is 0 Å². The molecule has 25 heavy (non-hydrogen) atoms. The van der Waals surface area contributed by atoms with E-state index in [0.29, 0.717) is 5.56 Å². The van der Waals surface area contributed by atoms with Gasteiger partial charge in [0, 0.05) is 7.05 Å². The van der Waals surface area contributed by atoms with Gasteiger partial charge in [-0.1, -0.05) is 30.3 Å². The average molecular weight is 348 g/mol. The molecule has 0 aromatic heterocycles. The van der Waals surface area contributed by atoms with Crippen molar-refractivity contribution in [1.29, 1.82) is 0 Å². The molecule has 0 fully saturated rings. The van der Waals surface area contributed by atoms with Gasteiger partial charge in [0.25, 0.3) is 0 Å². The van der Waals surface area contributed by atoms with Crippen LogP contribution in [0.4, 0.5) is 11.4 Å². The predicted molar refractivity (Wildman–Crippen MR) is 101 cm³/mol. The van der Waals surface area contributed by atoms with Crippen LogP contribution in [0.2, 0.25) is 0 Å². The third-order valence-corrected chi connectivity index (χ3v) is 6.70. The molecule has 0 radical (unpaired) electrons. The lowest BCUT2D eigenvalue weighted by atomic mass is 10.1. The Labute approximate surface area is 150 Å². The Bertz CT molecular complexity index is 940. The molecule has 0 bridgehead atoms. The maximum Gasteiger partial charge on any atom is 0.337 e. The van der Waals surface area contributed by atoms with Gasteiger partial charge in [0.15, 0.2) is 14.7 Å². The van der Waals surface area contributed by atoms with Crippen molar-refractivity contribution >= 4 is 28.2 Å². The predicted octanol–water partition coefficient (Wildman–Crippen LogP) is 4.65. The van der Waals surface area contributed by atoms with E-state index in [4.69, 9.17) is 4.74 Å². The Morgan fingerprint density at radius 3 is 2.32 bits per heavy atom. The molecule has 4 rings (SSSR count). The van der Waals surface area contributed by atoms with Crippen LogP contribution in [0.25, 0.3) is 0 Å². The zero-order chi connectivity index (χ0) is 17.4. The second-order valence-electron chi connectivity index (χ2n) is 5.82. The lowest BCUT2D eigenvalue weighted by molar-refractivity contribution is 0.0600. The third kappa shape index (κ3) is 2.59. The highest BCUT2D eigenvalue weighted by atomic mass is 32.2. The van der Waals surface area contributed by atoms with E-state index in [0.717, 1.165) is 5.69 Å². The molecule has 0 saturated carbocycles. The largest absolute Gasteiger partial charge is 0.465 e. The summed E-state index contributed by atoms with van der Waals surface area (Å²) < 4.78 is 4.89. The zero-order valence-corrected chi connectivity index (χ0v) is 14.9. The minimum Gasteiger partial charge on any atom is -0.465 e.